The fraction of sp³-hybridized carbons (Fsp3) is 0.273. The van der Waals surface area contributed by atoms with E-state index < -0.39 is 0 Å². The van der Waals surface area contributed by atoms with E-state index >= 15 is 0 Å². The Hall–Kier alpha value is -1.52. The smallest absolute Gasteiger partial charge is 0.0797 e. The van der Waals surface area contributed by atoms with E-state index in [4.69, 9.17) is 0 Å². The van der Waals surface area contributed by atoms with Crippen LogP contribution in [0.5, 0.6) is 0 Å². The number of rotatable bonds is 1. The predicted molar refractivity (Wildman–Crippen MR) is 59.2 cm³/mol. The highest BCUT2D eigenvalue weighted by Gasteiger charge is 2.24. The molecule has 0 unspecified atom stereocenters. The number of piperazine rings is 1. The van der Waals surface area contributed by atoms with Crippen LogP contribution in [0.1, 0.15) is 5.56 Å². The second-order valence-corrected chi connectivity index (χ2v) is 3.75. The summed E-state index contributed by atoms with van der Waals surface area (Å²) in [6, 6.07) is 10.4. The lowest BCUT2D eigenvalue weighted by Gasteiger charge is -2.26. The predicted octanol–water partition coefficient (Wildman–Crippen LogP) is 0.283. The summed E-state index contributed by atoms with van der Waals surface area (Å²) in [5, 5.41) is 5.54. The average Bonchev–Trinajstić information content (AvgIpc) is 2.74. The zero-order valence-electron chi connectivity index (χ0n) is 8.46. The molecule has 1 fully saturated rings. The minimum absolute atomic E-state index is 0.921. The number of benzene rings is 1. The van der Waals surface area contributed by atoms with Gasteiger partial charge in [0.2, 0.25) is 0 Å². The fourth-order valence-electron chi connectivity index (χ4n) is 2.01. The van der Waals surface area contributed by atoms with Gasteiger partial charge in [0.25, 0.3) is 0 Å². The Morgan fingerprint density at radius 3 is 2.87 bits per heavy atom. The normalized spacial score (nSPS) is 20.1. The van der Waals surface area contributed by atoms with Gasteiger partial charge in [-0.25, -0.2) is 0 Å². The second kappa shape index (κ2) is 3.56. The standard InChI is InChI=1S/C11H14N4/c1-2-4-9(5-3-1)11-10-8-12-6-7-15(10)14-13-11/h1-5,12-14H,6-8H2. The van der Waals surface area contributed by atoms with Crippen LogP contribution < -0.4 is 16.3 Å². The van der Waals surface area contributed by atoms with E-state index in [1.807, 2.05) is 6.07 Å². The van der Waals surface area contributed by atoms with Crippen molar-refractivity contribution in [3.63, 3.8) is 0 Å². The van der Waals surface area contributed by atoms with E-state index in [1.54, 1.807) is 0 Å². The zero-order valence-corrected chi connectivity index (χ0v) is 8.46. The highest BCUT2D eigenvalue weighted by Crippen LogP contribution is 2.21. The molecule has 0 aromatic heterocycles. The highest BCUT2D eigenvalue weighted by atomic mass is 15.7. The number of hydrogen-bond donors (Lipinski definition) is 3. The van der Waals surface area contributed by atoms with Gasteiger partial charge in [0, 0.05) is 25.2 Å². The van der Waals surface area contributed by atoms with Gasteiger partial charge in [0.1, 0.15) is 0 Å². The molecule has 78 valence electrons. The summed E-state index contributed by atoms with van der Waals surface area (Å²) in [6.45, 7) is 2.95. The molecule has 0 spiro atoms. The molecule has 3 rings (SSSR count). The first-order valence-corrected chi connectivity index (χ1v) is 5.23. The maximum atomic E-state index is 3.38. The summed E-state index contributed by atoms with van der Waals surface area (Å²) in [6.07, 6.45) is 0. The summed E-state index contributed by atoms with van der Waals surface area (Å²) in [7, 11) is 0. The van der Waals surface area contributed by atoms with E-state index in [2.05, 4.69) is 45.6 Å². The molecule has 2 heterocycles. The molecule has 1 aromatic rings. The van der Waals surface area contributed by atoms with Crippen molar-refractivity contribution in [2.45, 2.75) is 0 Å². The lowest BCUT2D eigenvalue weighted by Crippen LogP contribution is -2.47. The lowest BCUT2D eigenvalue weighted by atomic mass is 10.1. The fourth-order valence-corrected chi connectivity index (χ4v) is 2.01. The van der Waals surface area contributed by atoms with E-state index in [1.165, 1.54) is 17.0 Å². The van der Waals surface area contributed by atoms with Crippen molar-refractivity contribution in [1.29, 1.82) is 0 Å². The topological polar surface area (TPSA) is 39.3 Å². The number of nitrogens with zero attached hydrogens (tertiary/aromatic N) is 1. The quantitative estimate of drug-likeness (QED) is 0.612. The first-order valence-electron chi connectivity index (χ1n) is 5.23. The molecule has 0 aliphatic carbocycles. The number of hydrogen-bond acceptors (Lipinski definition) is 4. The van der Waals surface area contributed by atoms with Gasteiger partial charge in [-0.2, -0.15) is 0 Å². The monoisotopic (exact) mass is 202 g/mol. The molecule has 0 saturated carbocycles. The minimum Gasteiger partial charge on any atom is -0.309 e. The van der Waals surface area contributed by atoms with Crippen molar-refractivity contribution >= 4 is 5.70 Å². The van der Waals surface area contributed by atoms with Gasteiger partial charge in [-0.05, 0) is 0 Å². The van der Waals surface area contributed by atoms with Gasteiger partial charge in [-0.3, -0.25) is 5.01 Å². The Kier molecular flexibility index (Phi) is 2.08. The molecule has 0 atom stereocenters. The van der Waals surface area contributed by atoms with Crippen molar-refractivity contribution in [1.82, 2.24) is 21.3 Å². The Morgan fingerprint density at radius 2 is 2.00 bits per heavy atom. The molecule has 1 saturated heterocycles. The second-order valence-electron chi connectivity index (χ2n) is 3.75. The number of nitrogens with one attached hydrogen (secondary N) is 3. The molecule has 4 nitrogen and oxygen atoms in total. The molecule has 3 N–H and O–H groups in total. The molecule has 2 aliphatic heterocycles. The van der Waals surface area contributed by atoms with Crippen molar-refractivity contribution in [2.75, 3.05) is 19.6 Å². The summed E-state index contributed by atoms with van der Waals surface area (Å²) in [4.78, 5) is 0. The SMILES string of the molecule is c1ccc(C2=C3CNCCN3NN2)cc1. The zero-order chi connectivity index (χ0) is 10.1. The Morgan fingerprint density at radius 1 is 1.13 bits per heavy atom. The highest BCUT2D eigenvalue weighted by molar-refractivity contribution is 5.68. The van der Waals surface area contributed by atoms with Crippen LogP contribution in [0, 0.1) is 0 Å². The maximum Gasteiger partial charge on any atom is 0.0797 e. The first kappa shape index (κ1) is 8.76. The van der Waals surface area contributed by atoms with Crippen molar-refractivity contribution in [3.05, 3.63) is 41.6 Å². The van der Waals surface area contributed by atoms with Crippen LogP contribution >= 0.6 is 0 Å². The third kappa shape index (κ3) is 1.48. The Bertz CT molecular complexity index is 385. The molecular formula is C11H14N4. The largest absolute Gasteiger partial charge is 0.309 e. The van der Waals surface area contributed by atoms with Crippen LogP contribution in [-0.2, 0) is 0 Å². The van der Waals surface area contributed by atoms with Gasteiger partial charge in [0.05, 0.1) is 11.4 Å². The van der Waals surface area contributed by atoms with Crippen molar-refractivity contribution < 1.29 is 0 Å². The Balaban J connectivity index is 1.98. The molecule has 15 heavy (non-hydrogen) atoms. The molecule has 1 aromatic carbocycles. The summed E-state index contributed by atoms with van der Waals surface area (Å²) >= 11 is 0. The van der Waals surface area contributed by atoms with Crippen LogP contribution in [0.4, 0.5) is 0 Å². The lowest BCUT2D eigenvalue weighted by molar-refractivity contribution is 0.226. The van der Waals surface area contributed by atoms with E-state index in [-0.39, 0.29) is 0 Å². The average molecular weight is 202 g/mol. The third-order valence-corrected chi connectivity index (χ3v) is 2.80. The third-order valence-electron chi connectivity index (χ3n) is 2.80. The molecule has 0 bridgehead atoms. The molecule has 0 radical (unpaired) electrons. The summed E-state index contributed by atoms with van der Waals surface area (Å²) in [5.74, 6) is 0. The maximum absolute atomic E-state index is 3.38. The summed E-state index contributed by atoms with van der Waals surface area (Å²) < 4.78 is 0. The van der Waals surface area contributed by atoms with Crippen LogP contribution in [0.25, 0.3) is 5.70 Å². The van der Waals surface area contributed by atoms with E-state index in [0.29, 0.717) is 0 Å². The van der Waals surface area contributed by atoms with Gasteiger partial charge in [-0.15, -0.1) is 5.53 Å². The first-order chi connectivity index (χ1) is 7.45. The Labute approximate surface area is 88.9 Å². The van der Waals surface area contributed by atoms with Gasteiger partial charge >= 0.3 is 0 Å². The molecule has 2 aliphatic rings. The van der Waals surface area contributed by atoms with E-state index in [0.717, 1.165) is 19.6 Å². The number of fused-ring (bicyclic) bond motifs is 1. The van der Waals surface area contributed by atoms with Crippen LogP contribution in [0.15, 0.2) is 36.0 Å². The van der Waals surface area contributed by atoms with Gasteiger partial charge in [-0.1, -0.05) is 30.3 Å². The minimum atomic E-state index is 0.921. The van der Waals surface area contributed by atoms with Crippen LogP contribution in [0.3, 0.4) is 0 Å². The molecule has 4 heteroatoms. The van der Waals surface area contributed by atoms with Crippen LogP contribution in [0.2, 0.25) is 0 Å². The number of hydrazine groups is 2. The van der Waals surface area contributed by atoms with E-state index in [9.17, 15) is 0 Å². The molecular weight excluding hydrogens is 188 g/mol. The molecule has 0 amide bonds. The van der Waals surface area contributed by atoms with Gasteiger partial charge in [0.15, 0.2) is 0 Å². The van der Waals surface area contributed by atoms with Gasteiger partial charge < -0.3 is 10.7 Å². The summed E-state index contributed by atoms with van der Waals surface area (Å²) in [5.41, 5.74) is 10.1. The van der Waals surface area contributed by atoms with Crippen molar-refractivity contribution in [3.8, 4) is 0 Å². The van der Waals surface area contributed by atoms with Crippen molar-refractivity contribution in [2.24, 2.45) is 0 Å². The van der Waals surface area contributed by atoms with Crippen LogP contribution in [-0.4, -0.2) is 24.6 Å².